The van der Waals surface area contributed by atoms with Crippen molar-refractivity contribution in [2.45, 2.75) is 184 Å². The lowest BCUT2D eigenvalue weighted by Gasteiger charge is -2.49. The molecule has 6 fully saturated rings. The van der Waals surface area contributed by atoms with Gasteiger partial charge in [0.05, 0.1) is 39.6 Å². The van der Waals surface area contributed by atoms with Gasteiger partial charge in [-0.15, -0.1) is 0 Å². The zero-order valence-electron chi connectivity index (χ0n) is 35.0. The van der Waals surface area contributed by atoms with Crippen molar-refractivity contribution in [2.75, 3.05) is 39.6 Å². The molecule has 6 aliphatic heterocycles. The summed E-state index contributed by atoms with van der Waals surface area (Å²) in [6, 6.07) is 0. The summed E-state index contributed by atoms with van der Waals surface area (Å²) in [6.45, 7) is -5.68. The lowest BCUT2D eigenvalue weighted by Crippen LogP contribution is -2.68. The van der Waals surface area contributed by atoms with E-state index in [1.165, 1.54) is 0 Å². The Bertz CT molecular complexity index is 1500. The molecule has 6 saturated heterocycles. The normalized spacial score (nSPS) is 53.4. The molecule has 0 aromatic rings. The van der Waals surface area contributed by atoms with Crippen LogP contribution in [0.15, 0.2) is 0 Å². The molecule has 0 aromatic heterocycles. The standard InChI is InChI=1S/C36H62O31/c37-1-7-13(42)16(45)23(52)32(59-7)66-29-12(6-57-36-30(18(47)15(44)9(3-39)61-36)67-33-24(53)17(46)14(43)8(2-38)60-33)63-35(26(55)21(29)50)65-28-11(5-41)62-34(25(54)20(28)49)64-27-10(4-40)58-31(56)22(51)19(27)48/h7-56H,1-6H2/t7-,8-,9-,10-,11-,12-,13-,14+,15+,16+,17+,18+,19-,20-,21-,22+,23-,24-,25-,26+,27-,28-,29-,30-,31-,32+,33+,34+,35+,36+/m1/s1. The van der Waals surface area contributed by atoms with Crippen LogP contribution in [-0.4, -0.2) is 326 Å². The summed E-state index contributed by atoms with van der Waals surface area (Å²) in [7, 11) is 0. The van der Waals surface area contributed by atoms with Crippen LogP contribution in [0.4, 0.5) is 0 Å². The first-order valence-corrected chi connectivity index (χ1v) is 21.1. The highest BCUT2D eigenvalue weighted by molar-refractivity contribution is 4.99. The van der Waals surface area contributed by atoms with Crippen LogP contribution in [0.1, 0.15) is 0 Å². The first-order chi connectivity index (χ1) is 31.7. The fraction of sp³-hybridized carbons (Fsp3) is 1.00. The molecule has 0 unspecified atom stereocenters. The monoisotopic (exact) mass is 990 g/mol. The minimum atomic E-state index is -2.26. The Morgan fingerprint density at radius 2 is 0.537 bits per heavy atom. The zero-order chi connectivity index (χ0) is 49.3. The first-order valence-electron chi connectivity index (χ1n) is 21.1. The predicted molar refractivity (Wildman–Crippen MR) is 199 cm³/mol. The van der Waals surface area contributed by atoms with E-state index in [0.717, 1.165) is 0 Å². The highest BCUT2D eigenvalue weighted by atomic mass is 16.8. The van der Waals surface area contributed by atoms with E-state index < -0.39 is 224 Å². The average Bonchev–Trinajstić information content (AvgIpc) is 3.32. The molecular formula is C36H62O31. The second-order valence-corrected chi connectivity index (χ2v) is 16.8. The van der Waals surface area contributed by atoms with E-state index in [4.69, 9.17) is 52.1 Å². The lowest BCUT2D eigenvalue weighted by molar-refractivity contribution is -0.394. The Hall–Kier alpha value is -1.24. The van der Waals surface area contributed by atoms with Crippen molar-refractivity contribution in [1.29, 1.82) is 0 Å². The minimum absolute atomic E-state index is 0.888. The topological polar surface area (TPSA) is 506 Å². The molecule has 0 saturated carbocycles. The van der Waals surface area contributed by atoms with Crippen molar-refractivity contribution in [1.82, 2.24) is 0 Å². The summed E-state index contributed by atoms with van der Waals surface area (Å²) in [4.78, 5) is 0. The van der Waals surface area contributed by atoms with Gasteiger partial charge in [0.15, 0.2) is 37.7 Å². The van der Waals surface area contributed by atoms with Crippen LogP contribution in [0.25, 0.3) is 0 Å². The molecule has 0 aromatic carbocycles. The maximum absolute atomic E-state index is 11.6. The van der Waals surface area contributed by atoms with Crippen molar-refractivity contribution in [3.8, 4) is 0 Å². The second-order valence-electron chi connectivity index (χ2n) is 16.8. The smallest absolute Gasteiger partial charge is 0.187 e. The third-order valence-electron chi connectivity index (χ3n) is 12.4. The molecule has 31 nitrogen and oxygen atoms in total. The summed E-state index contributed by atoms with van der Waals surface area (Å²) in [5.74, 6) is 0. The predicted octanol–water partition coefficient (Wildman–Crippen LogP) is -14.1. The minimum Gasteiger partial charge on any atom is -0.394 e. The van der Waals surface area contributed by atoms with Crippen LogP contribution in [-0.2, 0) is 52.1 Å². The molecule has 30 atom stereocenters. The van der Waals surface area contributed by atoms with Gasteiger partial charge >= 0.3 is 0 Å². The molecule has 6 heterocycles. The number of hydrogen-bond donors (Lipinski definition) is 20. The van der Waals surface area contributed by atoms with Crippen LogP contribution in [0.3, 0.4) is 0 Å². The van der Waals surface area contributed by atoms with Gasteiger partial charge < -0.3 is 154 Å². The van der Waals surface area contributed by atoms with E-state index in [1.54, 1.807) is 0 Å². The van der Waals surface area contributed by atoms with E-state index in [1.807, 2.05) is 0 Å². The molecule has 0 amide bonds. The summed E-state index contributed by atoms with van der Waals surface area (Å²) < 4.78 is 61.5. The molecule has 67 heavy (non-hydrogen) atoms. The molecule has 20 N–H and O–H groups in total. The third kappa shape index (κ3) is 11.4. The van der Waals surface area contributed by atoms with Crippen molar-refractivity contribution in [3.05, 3.63) is 0 Å². The molecule has 31 heteroatoms. The van der Waals surface area contributed by atoms with Crippen LogP contribution < -0.4 is 0 Å². The molecule has 392 valence electrons. The molecule has 0 spiro atoms. The number of ether oxygens (including phenoxy) is 11. The van der Waals surface area contributed by atoms with E-state index >= 15 is 0 Å². The maximum atomic E-state index is 11.6. The SMILES string of the molecule is OC[C@H]1O[C@@H](O[C@H]2[C@@H](OC[C@H]3O[C@@H](O[C@H]4[C@H](O)[C@@H](O)[C@H](O[C@H]5[C@H](O)[C@H](O)[C@H](O)O[C@@H]5CO)O[C@@H]4CO)[C@@H](O)[C@@H](O)[C@@H]3O[C@@H]3O[C@H](CO)[C@@H](O)[C@H](O)[C@H]3O)O[C@H](CO)[C@H](O)[C@@H]2O)[C@H](O)[C@@H](O)[C@H]1O. The van der Waals surface area contributed by atoms with Gasteiger partial charge in [-0.25, -0.2) is 0 Å². The van der Waals surface area contributed by atoms with Gasteiger partial charge in [0, 0.05) is 0 Å². The Labute approximate surface area is 378 Å². The fourth-order valence-electron chi connectivity index (χ4n) is 8.39. The maximum Gasteiger partial charge on any atom is 0.187 e. The molecule has 0 bridgehead atoms. The third-order valence-corrected chi connectivity index (χ3v) is 12.4. The molecule has 0 radical (unpaired) electrons. The number of rotatable bonds is 16. The quantitative estimate of drug-likeness (QED) is 0.0683. The number of aliphatic hydroxyl groups excluding tert-OH is 20. The van der Waals surface area contributed by atoms with E-state index in [0.29, 0.717) is 0 Å². The summed E-state index contributed by atoms with van der Waals surface area (Å²) in [5, 5.41) is 210. The van der Waals surface area contributed by atoms with Crippen molar-refractivity contribution in [3.63, 3.8) is 0 Å². The van der Waals surface area contributed by atoms with Crippen LogP contribution >= 0.6 is 0 Å². The Balaban J connectivity index is 1.24. The number of aliphatic hydroxyl groups is 20. The van der Waals surface area contributed by atoms with Crippen molar-refractivity contribution in [2.24, 2.45) is 0 Å². The lowest BCUT2D eigenvalue weighted by atomic mass is 9.95. The summed E-state index contributed by atoms with van der Waals surface area (Å²) >= 11 is 0. The van der Waals surface area contributed by atoms with E-state index in [9.17, 15) is 102 Å². The number of hydrogen-bond acceptors (Lipinski definition) is 31. The highest BCUT2D eigenvalue weighted by Crippen LogP contribution is 2.36. The van der Waals surface area contributed by atoms with E-state index in [-0.39, 0.29) is 0 Å². The Morgan fingerprint density at radius 3 is 0.955 bits per heavy atom. The highest BCUT2D eigenvalue weighted by Gasteiger charge is 2.57. The van der Waals surface area contributed by atoms with Gasteiger partial charge in [0.1, 0.15) is 146 Å². The largest absolute Gasteiger partial charge is 0.394 e. The Kier molecular flexibility index (Phi) is 19.4. The van der Waals surface area contributed by atoms with Crippen molar-refractivity contribution < 1.29 is 154 Å². The molecule has 6 aliphatic rings. The summed E-state index contributed by atoms with van der Waals surface area (Å²) in [6.07, 6.45) is -58.0. The molecule has 0 aliphatic carbocycles. The average molecular weight is 991 g/mol. The zero-order valence-corrected chi connectivity index (χ0v) is 35.0. The molecular weight excluding hydrogens is 928 g/mol. The van der Waals surface area contributed by atoms with Crippen LogP contribution in [0.5, 0.6) is 0 Å². The van der Waals surface area contributed by atoms with Gasteiger partial charge in [0.25, 0.3) is 0 Å². The van der Waals surface area contributed by atoms with Crippen LogP contribution in [0.2, 0.25) is 0 Å². The van der Waals surface area contributed by atoms with Gasteiger partial charge in [0.2, 0.25) is 0 Å². The van der Waals surface area contributed by atoms with Crippen LogP contribution in [0, 0.1) is 0 Å². The van der Waals surface area contributed by atoms with Gasteiger partial charge in [-0.1, -0.05) is 0 Å². The summed E-state index contributed by atoms with van der Waals surface area (Å²) in [5.41, 5.74) is 0. The van der Waals surface area contributed by atoms with Gasteiger partial charge in [-0.05, 0) is 0 Å². The van der Waals surface area contributed by atoms with Gasteiger partial charge in [-0.2, -0.15) is 0 Å². The Morgan fingerprint density at radius 1 is 0.254 bits per heavy atom. The van der Waals surface area contributed by atoms with Gasteiger partial charge in [-0.3, -0.25) is 0 Å². The van der Waals surface area contributed by atoms with Crippen molar-refractivity contribution >= 4 is 0 Å². The first kappa shape index (κ1) is 55.1. The van der Waals surface area contributed by atoms with E-state index in [2.05, 4.69) is 0 Å². The fourth-order valence-corrected chi connectivity index (χ4v) is 8.39. The molecule has 6 rings (SSSR count). The second kappa shape index (κ2) is 23.5.